The van der Waals surface area contributed by atoms with Crippen LogP contribution in [0.2, 0.25) is 0 Å². The number of aliphatic hydroxyl groups is 1. The van der Waals surface area contributed by atoms with E-state index in [1.807, 2.05) is 38.1 Å². The maximum atomic E-state index is 11.8. The van der Waals surface area contributed by atoms with E-state index in [1.165, 1.54) is 6.08 Å². The Morgan fingerprint density at radius 3 is 2.48 bits per heavy atom. The number of rotatable bonds is 8. The predicted molar refractivity (Wildman–Crippen MR) is 85.1 cm³/mol. The minimum atomic E-state index is -0.530. The van der Waals surface area contributed by atoms with Crippen molar-refractivity contribution >= 4 is 11.5 Å². The summed E-state index contributed by atoms with van der Waals surface area (Å²) in [5.41, 5.74) is 7.05. The van der Waals surface area contributed by atoms with Crippen LogP contribution in [0.15, 0.2) is 36.6 Å². The summed E-state index contributed by atoms with van der Waals surface area (Å²) in [7, 11) is 1.64. The van der Waals surface area contributed by atoms with Gasteiger partial charge in [0.25, 0.3) is 0 Å². The summed E-state index contributed by atoms with van der Waals surface area (Å²) in [5.74, 6) is 0.0534. The first-order valence-electron chi connectivity index (χ1n) is 7.16. The number of benzene rings is 1. The number of carbonyl (C=O) groups is 1. The molecule has 0 heterocycles. The van der Waals surface area contributed by atoms with Crippen molar-refractivity contribution in [2.45, 2.75) is 38.7 Å². The van der Waals surface area contributed by atoms with E-state index < -0.39 is 5.60 Å². The minimum Gasteiger partial charge on any atom is -0.515 e. The van der Waals surface area contributed by atoms with E-state index in [0.717, 1.165) is 30.4 Å². The van der Waals surface area contributed by atoms with Crippen LogP contribution in [0.3, 0.4) is 0 Å². The van der Waals surface area contributed by atoms with Crippen molar-refractivity contribution in [3.8, 4) is 0 Å². The molecule has 1 rings (SSSR count). The fourth-order valence-corrected chi connectivity index (χ4v) is 2.47. The summed E-state index contributed by atoms with van der Waals surface area (Å²) in [5, 5.41) is 8.72. The van der Waals surface area contributed by atoms with Crippen LogP contribution in [0, 0.1) is 5.92 Å². The molecule has 0 spiro atoms. The van der Waals surface area contributed by atoms with Crippen LogP contribution in [0.4, 0.5) is 5.69 Å². The first-order valence-corrected chi connectivity index (χ1v) is 7.16. The molecule has 3 N–H and O–H groups in total. The van der Waals surface area contributed by atoms with E-state index in [1.54, 1.807) is 7.11 Å². The molecule has 116 valence electrons. The van der Waals surface area contributed by atoms with Crippen LogP contribution < -0.4 is 5.73 Å². The summed E-state index contributed by atoms with van der Waals surface area (Å²) in [6.45, 7) is 4.09. The molecular formula is C17H25NO3. The second kappa shape index (κ2) is 7.84. The van der Waals surface area contributed by atoms with Crippen LogP contribution in [-0.4, -0.2) is 23.6 Å². The molecular weight excluding hydrogens is 266 g/mol. The number of carbonyl (C=O) groups excluding carboxylic acids is 1. The second-order valence-corrected chi connectivity index (χ2v) is 5.62. The molecule has 1 aromatic carbocycles. The number of nitrogens with two attached hydrogens (primary N) is 1. The number of methoxy groups -OCH3 is 1. The first-order chi connectivity index (χ1) is 9.93. The fraction of sp³-hybridized carbons (Fsp3) is 0.471. The molecule has 0 unspecified atom stereocenters. The van der Waals surface area contributed by atoms with Crippen LogP contribution in [0.5, 0.6) is 0 Å². The second-order valence-electron chi connectivity index (χ2n) is 5.62. The largest absolute Gasteiger partial charge is 0.515 e. The van der Waals surface area contributed by atoms with E-state index in [-0.39, 0.29) is 18.1 Å². The Morgan fingerprint density at radius 1 is 1.38 bits per heavy atom. The van der Waals surface area contributed by atoms with Gasteiger partial charge >= 0.3 is 0 Å². The van der Waals surface area contributed by atoms with Crippen molar-refractivity contribution in [1.82, 2.24) is 0 Å². The molecule has 0 aliphatic heterocycles. The van der Waals surface area contributed by atoms with Gasteiger partial charge in [-0.15, -0.1) is 0 Å². The number of aliphatic hydroxyl groups excluding tert-OH is 1. The molecule has 0 aromatic heterocycles. The number of ether oxygens (including phenoxy) is 1. The van der Waals surface area contributed by atoms with Crippen molar-refractivity contribution in [3.63, 3.8) is 0 Å². The number of hydrogen-bond acceptors (Lipinski definition) is 4. The summed E-state index contributed by atoms with van der Waals surface area (Å²) in [6, 6.07) is 7.73. The monoisotopic (exact) mass is 291 g/mol. The highest BCUT2D eigenvalue weighted by atomic mass is 16.5. The minimum absolute atomic E-state index is 0.134. The van der Waals surface area contributed by atoms with Gasteiger partial charge in [0.05, 0.1) is 11.9 Å². The zero-order chi connectivity index (χ0) is 15.9. The molecule has 21 heavy (non-hydrogen) atoms. The van der Waals surface area contributed by atoms with Gasteiger partial charge < -0.3 is 15.6 Å². The van der Waals surface area contributed by atoms with E-state index in [9.17, 15) is 4.79 Å². The molecule has 1 atom stereocenters. The molecule has 4 nitrogen and oxygen atoms in total. The Balaban J connectivity index is 2.82. The van der Waals surface area contributed by atoms with Gasteiger partial charge in [-0.1, -0.05) is 26.0 Å². The van der Waals surface area contributed by atoms with E-state index in [2.05, 4.69) is 0 Å². The molecule has 0 amide bonds. The summed E-state index contributed by atoms with van der Waals surface area (Å²) < 4.78 is 5.70. The Kier molecular flexibility index (Phi) is 6.43. The molecule has 0 saturated carbocycles. The number of aryl methyl sites for hydroxylation is 1. The third-order valence-corrected chi connectivity index (χ3v) is 4.01. The standard InChI is InChI=1S/C17H25NO3/c1-13(2)17(21-3,12-16(20)9-11-19)10-8-14-4-6-15(18)7-5-14/h4-7,9,11,13,19H,8,10,12,18H2,1-3H3/b11-9+/t17-/m0/s1. The lowest BCUT2D eigenvalue weighted by Crippen LogP contribution is -2.40. The van der Waals surface area contributed by atoms with Crippen LogP contribution in [-0.2, 0) is 16.0 Å². The Bertz CT molecular complexity index is 479. The van der Waals surface area contributed by atoms with Crippen LogP contribution in [0.25, 0.3) is 0 Å². The SMILES string of the molecule is CO[C@@](CCc1ccc(N)cc1)(CC(=O)/C=C/O)C(C)C. The Morgan fingerprint density at radius 2 is 2.00 bits per heavy atom. The normalized spacial score (nSPS) is 14.5. The maximum Gasteiger partial charge on any atom is 0.161 e. The van der Waals surface area contributed by atoms with Crippen molar-refractivity contribution in [1.29, 1.82) is 0 Å². The summed E-state index contributed by atoms with van der Waals surface area (Å²) >= 11 is 0. The lowest BCUT2D eigenvalue weighted by molar-refractivity contribution is -0.125. The highest BCUT2D eigenvalue weighted by Gasteiger charge is 2.35. The van der Waals surface area contributed by atoms with Gasteiger partial charge in [0, 0.05) is 25.3 Å². The highest BCUT2D eigenvalue weighted by molar-refractivity contribution is 5.90. The van der Waals surface area contributed by atoms with E-state index >= 15 is 0 Å². The van der Waals surface area contributed by atoms with Gasteiger partial charge in [-0.3, -0.25) is 4.79 Å². The molecule has 0 radical (unpaired) electrons. The number of allylic oxidation sites excluding steroid dienone is 1. The number of nitrogen functional groups attached to an aromatic ring is 1. The molecule has 0 saturated heterocycles. The maximum absolute atomic E-state index is 11.8. The number of anilines is 1. The molecule has 0 aliphatic rings. The molecule has 1 aromatic rings. The van der Waals surface area contributed by atoms with E-state index in [4.69, 9.17) is 15.6 Å². The molecule has 0 fully saturated rings. The van der Waals surface area contributed by atoms with Gasteiger partial charge in [-0.2, -0.15) is 0 Å². The lowest BCUT2D eigenvalue weighted by Gasteiger charge is -2.36. The van der Waals surface area contributed by atoms with Crippen molar-refractivity contribution < 1.29 is 14.6 Å². The quantitative estimate of drug-likeness (QED) is 0.438. The Labute approximate surface area is 126 Å². The zero-order valence-electron chi connectivity index (χ0n) is 13.0. The van der Waals surface area contributed by atoms with Gasteiger partial charge in [0.15, 0.2) is 5.78 Å². The topological polar surface area (TPSA) is 72.5 Å². The Hall–Kier alpha value is -1.81. The van der Waals surface area contributed by atoms with Gasteiger partial charge in [0.2, 0.25) is 0 Å². The number of hydrogen-bond donors (Lipinski definition) is 2. The fourth-order valence-electron chi connectivity index (χ4n) is 2.47. The third kappa shape index (κ3) is 4.90. The third-order valence-electron chi connectivity index (χ3n) is 4.01. The van der Waals surface area contributed by atoms with Crippen molar-refractivity contribution in [2.75, 3.05) is 12.8 Å². The van der Waals surface area contributed by atoms with Crippen LogP contribution >= 0.6 is 0 Å². The average molecular weight is 291 g/mol. The van der Waals surface area contributed by atoms with Crippen LogP contribution in [0.1, 0.15) is 32.3 Å². The van der Waals surface area contributed by atoms with Gasteiger partial charge in [0.1, 0.15) is 0 Å². The molecule has 0 aliphatic carbocycles. The first kappa shape index (κ1) is 17.2. The highest BCUT2D eigenvalue weighted by Crippen LogP contribution is 2.31. The number of ketones is 1. The molecule has 0 bridgehead atoms. The van der Waals surface area contributed by atoms with Crippen molar-refractivity contribution in [3.05, 3.63) is 42.2 Å². The van der Waals surface area contributed by atoms with Crippen molar-refractivity contribution in [2.24, 2.45) is 5.92 Å². The molecule has 4 heteroatoms. The van der Waals surface area contributed by atoms with Gasteiger partial charge in [-0.05, 0) is 36.5 Å². The smallest absolute Gasteiger partial charge is 0.161 e. The average Bonchev–Trinajstić information content (AvgIpc) is 2.45. The summed E-state index contributed by atoms with van der Waals surface area (Å²) in [6.07, 6.45) is 3.76. The van der Waals surface area contributed by atoms with E-state index in [0.29, 0.717) is 0 Å². The predicted octanol–water partition coefficient (Wildman–Crippen LogP) is 3.27. The summed E-state index contributed by atoms with van der Waals surface area (Å²) in [4.78, 5) is 11.8. The van der Waals surface area contributed by atoms with Gasteiger partial charge in [-0.25, -0.2) is 0 Å². The zero-order valence-corrected chi connectivity index (χ0v) is 13.0. The lowest BCUT2D eigenvalue weighted by atomic mass is 9.80.